The first-order chi connectivity index (χ1) is 8.65. The third-order valence-electron chi connectivity index (χ3n) is 2.37. The van der Waals surface area contributed by atoms with Gasteiger partial charge in [-0.3, -0.25) is 9.78 Å². The molecule has 1 unspecified atom stereocenters. The number of hydrogen-bond donors (Lipinski definition) is 1. The summed E-state index contributed by atoms with van der Waals surface area (Å²) in [5, 5.41) is 2.57. The Morgan fingerprint density at radius 3 is 2.89 bits per heavy atom. The van der Waals surface area contributed by atoms with Crippen LogP contribution >= 0.6 is 0 Å². The van der Waals surface area contributed by atoms with Crippen molar-refractivity contribution >= 4 is 11.9 Å². The van der Waals surface area contributed by atoms with Crippen molar-refractivity contribution in [3.63, 3.8) is 0 Å². The summed E-state index contributed by atoms with van der Waals surface area (Å²) in [4.78, 5) is 27.1. The number of ether oxygens (including phenoxy) is 1. The number of hydrogen-bond acceptors (Lipinski definition) is 4. The molecule has 1 aromatic rings. The van der Waals surface area contributed by atoms with E-state index in [2.05, 4.69) is 10.3 Å². The summed E-state index contributed by atoms with van der Waals surface area (Å²) in [6.45, 7) is 4.01. The summed E-state index contributed by atoms with van der Waals surface area (Å²) in [7, 11) is 0. The van der Waals surface area contributed by atoms with Crippen LogP contribution in [-0.4, -0.2) is 29.5 Å². The summed E-state index contributed by atoms with van der Waals surface area (Å²) < 4.78 is 5.01. The lowest BCUT2D eigenvalue weighted by atomic mass is 10.2. The van der Waals surface area contributed by atoms with Crippen molar-refractivity contribution < 1.29 is 14.3 Å². The predicted octanol–water partition coefficient (Wildman–Crippen LogP) is 1.54. The third-order valence-corrected chi connectivity index (χ3v) is 2.37. The van der Waals surface area contributed by atoms with Gasteiger partial charge in [-0.2, -0.15) is 0 Å². The Balaban J connectivity index is 2.42. The van der Waals surface area contributed by atoms with Gasteiger partial charge in [0.05, 0.1) is 12.2 Å². The van der Waals surface area contributed by atoms with E-state index in [1.807, 2.05) is 6.92 Å². The molecule has 0 aliphatic rings. The predicted molar refractivity (Wildman–Crippen MR) is 67.0 cm³/mol. The van der Waals surface area contributed by atoms with Crippen molar-refractivity contribution in [2.24, 2.45) is 0 Å². The summed E-state index contributed by atoms with van der Waals surface area (Å²) in [5.74, 6) is -0.747. The van der Waals surface area contributed by atoms with E-state index in [9.17, 15) is 9.59 Å². The minimum Gasteiger partial charge on any atom is -0.464 e. The van der Waals surface area contributed by atoms with Crippen molar-refractivity contribution in [1.29, 1.82) is 0 Å². The molecule has 98 valence electrons. The molecule has 1 rings (SSSR count). The van der Waals surface area contributed by atoms with Gasteiger partial charge in [-0.1, -0.05) is 13.3 Å². The van der Waals surface area contributed by atoms with E-state index in [0.29, 0.717) is 12.2 Å². The number of unbranched alkanes of at least 4 members (excludes halogenated alkanes) is 1. The number of nitrogens with one attached hydrogen (secondary N) is 1. The molecule has 5 heteroatoms. The smallest absolute Gasteiger partial charge is 0.328 e. The maximum atomic E-state index is 11.7. The largest absolute Gasteiger partial charge is 0.464 e. The first-order valence-electron chi connectivity index (χ1n) is 6.02. The Labute approximate surface area is 107 Å². The van der Waals surface area contributed by atoms with Crippen molar-refractivity contribution in [1.82, 2.24) is 10.3 Å². The topological polar surface area (TPSA) is 68.3 Å². The first kappa shape index (κ1) is 14.2. The van der Waals surface area contributed by atoms with Crippen molar-refractivity contribution in [3.05, 3.63) is 30.1 Å². The summed E-state index contributed by atoms with van der Waals surface area (Å²) in [6, 6.07) is 2.64. The van der Waals surface area contributed by atoms with Gasteiger partial charge in [0.25, 0.3) is 5.91 Å². The molecule has 1 amide bonds. The lowest BCUT2D eigenvalue weighted by Crippen LogP contribution is -2.39. The first-order valence-corrected chi connectivity index (χ1v) is 6.02. The van der Waals surface area contributed by atoms with Gasteiger partial charge < -0.3 is 10.1 Å². The Morgan fingerprint density at radius 2 is 2.28 bits per heavy atom. The van der Waals surface area contributed by atoms with Crippen LogP contribution in [0.15, 0.2) is 24.5 Å². The van der Waals surface area contributed by atoms with E-state index >= 15 is 0 Å². The standard InChI is InChI=1S/C13H18N2O3/c1-3-4-8-18-13(17)10(2)15-12(16)11-6-5-7-14-9-11/h5-7,9-10H,3-4,8H2,1-2H3,(H,15,16). The van der Waals surface area contributed by atoms with Crippen LogP contribution in [0.4, 0.5) is 0 Å². The highest BCUT2D eigenvalue weighted by molar-refractivity contribution is 5.96. The zero-order valence-electron chi connectivity index (χ0n) is 10.7. The highest BCUT2D eigenvalue weighted by Crippen LogP contribution is 1.98. The average Bonchev–Trinajstić information content (AvgIpc) is 2.39. The summed E-state index contributed by atoms with van der Waals surface area (Å²) in [5.41, 5.74) is 0.422. The Hall–Kier alpha value is -1.91. The number of nitrogens with zero attached hydrogens (tertiary/aromatic N) is 1. The molecule has 0 saturated heterocycles. The highest BCUT2D eigenvalue weighted by atomic mass is 16.5. The molecule has 0 fully saturated rings. The van der Waals surface area contributed by atoms with Gasteiger partial charge >= 0.3 is 5.97 Å². The summed E-state index contributed by atoms with van der Waals surface area (Å²) >= 11 is 0. The molecule has 1 aromatic heterocycles. The molecule has 0 aliphatic heterocycles. The van der Waals surface area contributed by atoms with E-state index in [1.54, 1.807) is 25.3 Å². The Bertz CT molecular complexity index is 392. The maximum Gasteiger partial charge on any atom is 0.328 e. The van der Waals surface area contributed by atoms with Crippen LogP contribution in [0.3, 0.4) is 0 Å². The molecule has 0 aromatic carbocycles. The molecule has 1 heterocycles. The quantitative estimate of drug-likeness (QED) is 0.614. The van der Waals surface area contributed by atoms with Crippen LogP contribution in [0.2, 0.25) is 0 Å². The fourth-order valence-electron chi connectivity index (χ4n) is 1.28. The zero-order chi connectivity index (χ0) is 13.4. The molecule has 0 saturated carbocycles. The van der Waals surface area contributed by atoms with E-state index in [4.69, 9.17) is 4.74 Å². The van der Waals surface area contributed by atoms with Crippen molar-refractivity contribution in [2.45, 2.75) is 32.7 Å². The van der Waals surface area contributed by atoms with E-state index in [-0.39, 0.29) is 5.91 Å². The van der Waals surface area contributed by atoms with Gasteiger partial charge in [-0.15, -0.1) is 0 Å². The summed E-state index contributed by atoms with van der Waals surface area (Å²) in [6.07, 6.45) is 4.82. The number of carbonyl (C=O) groups is 2. The molecule has 5 nitrogen and oxygen atoms in total. The van der Waals surface area contributed by atoms with Gasteiger partial charge in [0.2, 0.25) is 0 Å². The molecule has 1 N–H and O–H groups in total. The van der Waals surface area contributed by atoms with E-state index < -0.39 is 12.0 Å². The van der Waals surface area contributed by atoms with Gasteiger partial charge in [0, 0.05) is 12.4 Å². The van der Waals surface area contributed by atoms with Gasteiger partial charge in [-0.25, -0.2) is 4.79 Å². The monoisotopic (exact) mass is 250 g/mol. The zero-order valence-corrected chi connectivity index (χ0v) is 10.7. The second kappa shape index (κ2) is 7.42. The average molecular weight is 250 g/mol. The van der Waals surface area contributed by atoms with Crippen LogP contribution in [0.25, 0.3) is 0 Å². The molecule has 18 heavy (non-hydrogen) atoms. The van der Waals surface area contributed by atoms with E-state index in [1.165, 1.54) is 6.20 Å². The molecule has 0 bridgehead atoms. The molecule has 0 aliphatic carbocycles. The minimum atomic E-state index is -0.658. The molecule has 0 spiro atoms. The molecule has 1 atom stereocenters. The number of carbonyl (C=O) groups excluding carboxylic acids is 2. The van der Waals surface area contributed by atoms with Crippen LogP contribution in [0.5, 0.6) is 0 Å². The second-order valence-corrected chi connectivity index (χ2v) is 3.96. The lowest BCUT2D eigenvalue weighted by Gasteiger charge is -2.13. The molecule has 0 radical (unpaired) electrons. The van der Waals surface area contributed by atoms with Crippen LogP contribution in [0, 0.1) is 0 Å². The lowest BCUT2D eigenvalue weighted by molar-refractivity contribution is -0.145. The Morgan fingerprint density at radius 1 is 1.50 bits per heavy atom. The van der Waals surface area contributed by atoms with E-state index in [0.717, 1.165) is 12.8 Å². The van der Waals surface area contributed by atoms with Crippen LogP contribution in [0.1, 0.15) is 37.0 Å². The number of pyridine rings is 1. The molecular weight excluding hydrogens is 232 g/mol. The fourth-order valence-corrected chi connectivity index (χ4v) is 1.28. The van der Waals surface area contributed by atoms with Gasteiger partial charge in [-0.05, 0) is 25.5 Å². The van der Waals surface area contributed by atoms with Crippen LogP contribution < -0.4 is 5.32 Å². The van der Waals surface area contributed by atoms with Gasteiger partial charge in [0.15, 0.2) is 0 Å². The fraction of sp³-hybridized carbons (Fsp3) is 0.462. The van der Waals surface area contributed by atoms with Gasteiger partial charge in [0.1, 0.15) is 6.04 Å². The number of rotatable bonds is 6. The SMILES string of the molecule is CCCCOC(=O)C(C)NC(=O)c1cccnc1. The minimum absolute atomic E-state index is 0.331. The number of amides is 1. The molecular formula is C13H18N2O3. The van der Waals surface area contributed by atoms with Crippen molar-refractivity contribution in [3.8, 4) is 0 Å². The highest BCUT2D eigenvalue weighted by Gasteiger charge is 2.17. The third kappa shape index (κ3) is 4.53. The second-order valence-electron chi connectivity index (χ2n) is 3.96. The maximum absolute atomic E-state index is 11.7. The van der Waals surface area contributed by atoms with Crippen LogP contribution in [-0.2, 0) is 9.53 Å². The van der Waals surface area contributed by atoms with Crippen molar-refractivity contribution in [2.75, 3.05) is 6.61 Å². The number of aromatic nitrogens is 1. The Kier molecular flexibility index (Phi) is 5.84. The normalized spacial score (nSPS) is 11.7. The number of esters is 1.